The van der Waals surface area contributed by atoms with Crippen LogP contribution in [0.25, 0.3) is 21.9 Å². The number of H-pyrrole nitrogens is 1. The summed E-state index contributed by atoms with van der Waals surface area (Å²) in [5, 5.41) is 17.9. The third-order valence-corrected chi connectivity index (χ3v) is 7.12. The number of pyridine rings is 1. The Morgan fingerprint density at radius 3 is 2.62 bits per heavy atom. The van der Waals surface area contributed by atoms with Gasteiger partial charge in [-0.3, -0.25) is 9.36 Å². The maximum absolute atomic E-state index is 13.3. The van der Waals surface area contributed by atoms with Gasteiger partial charge in [0.2, 0.25) is 0 Å². The maximum atomic E-state index is 13.3. The van der Waals surface area contributed by atoms with Crippen molar-refractivity contribution in [2.75, 3.05) is 5.75 Å². The van der Waals surface area contributed by atoms with Crippen LogP contribution in [0.3, 0.4) is 0 Å². The van der Waals surface area contributed by atoms with Crippen molar-refractivity contribution >= 4 is 22.5 Å². The Kier molecular flexibility index (Phi) is 4.61. The number of aromatic nitrogens is 5. The summed E-state index contributed by atoms with van der Waals surface area (Å²) in [5.41, 5.74) is 4.42. The average molecular weight is 438 g/mol. The largest absolute Gasteiger partial charge is 0.291 e. The van der Waals surface area contributed by atoms with Crippen LogP contribution in [0.1, 0.15) is 23.0 Å². The molecule has 0 spiro atoms. The van der Waals surface area contributed by atoms with Crippen molar-refractivity contribution in [3.63, 3.8) is 0 Å². The summed E-state index contributed by atoms with van der Waals surface area (Å²) in [6.07, 6.45) is 0.683. The van der Waals surface area contributed by atoms with Crippen molar-refractivity contribution in [1.29, 1.82) is 0 Å². The minimum Gasteiger partial charge on any atom is -0.291 e. The van der Waals surface area contributed by atoms with E-state index in [0.29, 0.717) is 18.0 Å². The molecule has 0 amide bonds. The summed E-state index contributed by atoms with van der Waals surface area (Å²) < 4.78 is 1.82. The summed E-state index contributed by atoms with van der Waals surface area (Å²) in [7, 11) is 0. The molecule has 1 aliphatic heterocycles. The normalized spacial score (nSPS) is 15.2. The molecule has 6 nitrogen and oxygen atoms in total. The van der Waals surface area contributed by atoms with E-state index in [1.165, 1.54) is 16.3 Å². The van der Waals surface area contributed by atoms with Crippen molar-refractivity contribution in [2.45, 2.75) is 17.5 Å². The molecule has 0 unspecified atom stereocenters. The molecule has 32 heavy (non-hydrogen) atoms. The fourth-order valence-electron chi connectivity index (χ4n) is 4.52. The predicted octanol–water partition coefficient (Wildman–Crippen LogP) is 4.47. The van der Waals surface area contributed by atoms with Crippen LogP contribution >= 0.6 is 11.8 Å². The molecule has 3 heterocycles. The van der Waals surface area contributed by atoms with Gasteiger partial charge in [-0.2, -0.15) is 5.21 Å². The van der Waals surface area contributed by atoms with E-state index in [1.54, 1.807) is 17.8 Å². The van der Waals surface area contributed by atoms with Gasteiger partial charge in [0.25, 0.3) is 5.56 Å². The number of tetrazole rings is 1. The third kappa shape index (κ3) is 3.13. The van der Waals surface area contributed by atoms with E-state index in [0.717, 1.165) is 21.7 Å². The molecule has 7 heteroatoms. The van der Waals surface area contributed by atoms with E-state index >= 15 is 0 Å². The second-order valence-electron chi connectivity index (χ2n) is 7.84. The molecule has 1 atom stereocenters. The maximum Gasteiger partial charge on any atom is 0.252 e. The van der Waals surface area contributed by atoms with Crippen LogP contribution in [0.15, 0.2) is 88.7 Å². The van der Waals surface area contributed by atoms with Crippen molar-refractivity contribution < 1.29 is 0 Å². The number of benzene rings is 3. The van der Waals surface area contributed by atoms with E-state index in [2.05, 4.69) is 75.2 Å². The molecule has 0 fully saturated rings. The molecule has 0 saturated carbocycles. The molecule has 1 N–H and O–H groups in total. The molecule has 0 radical (unpaired) electrons. The highest BCUT2D eigenvalue weighted by Gasteiger charge is 2.32. The molecular weight excluding hydrogens is 418 g/mol. The minimum absolute atomic E-state index is 0.0327. The standard InChI is InChI=1S/C25H19N5OS/c31-22-14-19(13-18-11-6-10-16-7-4-5-12-20(16)18)23(17-8-2-1-3-9-17)25-30(22)21(15-32-25)24-26-28-29-27-24/h1-12,14,21H,13,15H2,(H,26,27,28,29)/t21-/m0/s1. The Balaban J connectivity index is 1.56. The Hall–Kier alpha value is -3.71. The number of nitrogens with one attached hydrogen (secondary N) is 1. The van der Waals surface area contributed by atoms with Crippen LogP contribution < -0.4 is 5.56 Å². The van der Waals surface area contributed by atoms with Gasteiger partial charge in [0.15, 0.2) is 5.82 Å². The predicted molar refractivity (Wildman–Crippen MR) is 126 cm³/mol. The lowest BCUT2D eigenvalue weighted by molar-refractivity contribution is 0.566. The fourth-order valence-corrected chi connectivity index (χ4v) is 5.89. The van der Waals surface area contributed by atoms with Gasteiger partial charge in [0, 0.05) is 17.4 Å². The third-order valence-electron chi connectivity index (χ3n) is 5.96. The zero-order valence-corrected chi connectivity index (χ0v) is 17.9. The summed E-state index contributed by atoms with van der Waals surface area (Å²) in [4.78, 5) is 13.3. The zero-order chi connectivity index (χ0) is 21.5. The topological polar surface area (TPSA) is 76.5 Å². The number of hydrogen-bond acceptors (Lipinski definition) is 5. The first-order chi connectivity index (χ1) is 15.8. The average Bonchev–Trinajstić information content (AvgIpc) is 3.50. The number of aromatic amines is 1. The highest BCUT2D eigenvalue weighted by atomic mass is 32.2. The first-order valence-corrected chi connectivity index (χ1v) is 11.4. The number of rotatable bonds is 4. The lowest BCUT2D eigenvalue weighted by atomic mass is 9.93. The van der Waals surface area contributed by atoms with Gasteiger partial charge in [-0.15, -0.1) is 22.0 Å². The van der Waals surface area contributed by atoms with Crippen molar-refractivity contribution in [3.8, 4) is 11.1 Å². The molecule has 0 aliphatic carbocycles. The van der Waals surface area contributed by atoms with Crippen LogP contribution in [-0.2, 0) is 6.42 Å². The van der Waals surface area contributed by atoms with E-state index in [4.69, 9.17) is 0 Å². The van der Waals surface area contributed by atoms with E-state index in [9.17, 15) is 4.79 Å². The molecule has 0 bridgehead atoms. The van der Waals surface area contributed by atoms with Crippen molar-refractivity contribution in [1.82, 2.24) is 25.2 Å². The first-order valence-electron chi connectivity index (χ1n) is 10.5. The zero-order valence-electron chi connectivity index (χ0n) is 17.1. The van der Waals surface area contributed by atoms with Crippen LogP contribution in [0.2, 0.25) is 0 Å². The van der Waals surface area contributed by atoms with Crippen molar-refractivity contribution in [3.05, 3.63) is 106 Å². The summed E-state index contributed by atoms with van der Waals surface area (Å²) in [5.74, 6) is 1.24. The van der Waals surface area contributed by atoms with Crippen LogP contribution in [0, 0.1) is 0 Å². The smallest absolute Gasteiger partial charge is 0.252 e. The molecule has 5 aromatic rings. The van der Waals surface area contributed by atoms with Crippen LogP contribution in [0.5, 0.6) is 0 Å². The van der Waals surface area contributed by atoms with Gasteiger partial charge in [-0.05, 0) is 33.9 Å². The molecular formula is C25H19N5OS. The Labute approximate surface area is 188 Å². The minimum atomic E-state index is -0.227. The number of thioether (sulfide) groups is 1. The highest BCUT2D eigenvalue weighted by Crippen LogP contribution is 2.42. The van der Waals surface area contributed by atoms with Gasteiger partial charge in [-0.1, -0.05) is 78.0 Å². The quantitative estimate of drug-likeness (QED) is 0.449. The summed E-state index contributed by atoms with van der Waals surface area (Å²) in [6.45, 7) is 0. The van der Waals surface area contributed by atoms with E-state index in [1.807, 2.05) is 22.8 Å². The first kappa shape index (κ1) is 19.0. The number of nitrogens with zero attached hydrogens (tertiary/aromatic N) is 4. The summed E-state index contributed by atoms with van der Waals surface area (Å²) in [6, 6.07) is 26.6. The SMILES string of the molecule is O=c1cc(Cc2cccc3ccccc23)c(-c2ccccc2)c2n1[C@H](c1nn[nH]n1)CS2. The van der Waals surface area contributed by atoms with Gasteiger partial charge in [-0.25, -0.2) is 0 Å². The molecule has 3 aromatic carbocycles. The van der Waals surface area contributed by atoms with Gasteiger partial charge < -0.3 is 0 Å². The van der Waals surface area contributed by atoms with Gasteiger partial charge >= 0.3 is 0 Å². The monoisotopic (exact) mass is 437 g/mol. The lowest BCUT2D eigenvalue weighted by Crippen LogP contribution is -2.26. The second kappa shape index (κ2) is 7.76. The molecule has 0 saturated heterocycles. The molecule has 6 rings (SSSR count). The van der Waals surface area contributed by atoms with Crippen LogP contribution in [-0.4, -0.2) is 30.9 Å². The Morgan fingerprint density at radius 2 is 1.78 bits per heavy atom. The Bertz CT molecular complexity index is 1470. The van der Waals surface area contributed by atoms with E-state index in [-0.39, 0.29) is 11.6 Å². The van der Waals surface area contributed by atoms with Gasteiger partial charge in [0.1, 0.15) is 6.04 Å². The lowest BCUT2D eigenvalue weighted by Gasteiger charge is -2.18. The fraction of sp³-hybridized carbons (Fsp3) is 0.120. The molecule has 2 aromatic heterocycles. The van der Waals surface area contributed by atoms with Crippen LogP contribution in [0.4, 0.5) is 0 Å². The van der Waals surface area contributed by atoms with E-state index < -0.39 is 0 Å². The summed E-state index contributed by atoms with van der Waals surface area (Å²) >= 11 is 1.68. The molecule has 156 valence electrons. The number of hydrogen-bond donors (Lipinski definition) is 1. The number of fused-ring (bicyclic) bond motifs is 2. The Morgan fingerprint density at radius 1 is 0.969 bits per heavy atom. The second-order valence-corrected chi connectivity index (χ2v) is 8.84. The molecule has 1 aliphatic rings. The van der Waals surface area contributed by atoms with Gasteiger partial charge in [0.05, 0.1) is 5.03 Å². The van der Waals surface area contributed by atoms with Crippen molar-refractivity contribution in [2.24, 2.45) is 0 Å². The highest BCUT2D eigenvalue weighted by molar-refractivity contribution is 7.99.